The number of nitrogens with zero attached hydrogens (tertiary/aromatic N) is 2. The zero-order valence-corrected chi connectivity index (χ0v) is 17.4. The molecule has 1 heterocycles. The normalized spacial score (nSPS) is 31.1. The molecule has 4 bridgehead atoms. The second-order valence-electron chi connectivity index (χ2n) is 8.83. The molecule has 4 saturated carbocycles. The fraction of sp³-hybridized carbons (Fsp3) is 0.550. The summed E-state index contributed by atoms with van der Waals surface area (Å²) in [7, 11) is -3.49. The molecule has 1 aromatic carbocycles. The van der Waals surface area contributed by atoms with Gasteiger partial charge in [0, 0.05) is 11.7 Å². The average Bonchev–Trinajstić information content (AvgIpc) is 3.09. The number of carbonyl (C=O) groups is 1. The molecule has 6 nitrogen and oxygen atoms in total. The molecule has 148 valence electrons. The van der Waals surface area contributed by atoms with Gasteiger partial charge in [0.2, 0.25) is 5.13 Å². The van der Waals surface area contributed by atoms with E-state index >= 15 is 0 Å². The number of sulfone groups is 1. The number of anilines is 1. The lowest BCUT2D eigenvalue weighted by atomic mass is 9.50. The van der Waals surface area contributed by atoms with Gasteiger partial charge in [0.15, 0.2) is 9.84 Å². The first-order valence-corrected chi connectivity index (χ1v) is 12.5. The summed E-state index contributed by atoms with van der Waals surface area (Å²) in [6, 6.07) is 6.24. The molecule has 1 aromatic heterocycles. The van der Waals surface area contributed by atoms with Crippen LogP contribution in [0.25, 0.3) is 0 Å². The van der Waals surface area contributed by atoms with Gasteiger partial charge in [-0.05, 0) is 68.4 Å². The number of rotatable bonds is 4. The summed E-state index contributed by atoms with van der Waals surface area (Å²) in [5.74, 6) is 1.98. The highest BCUT2D eigenvalue weighted by molar-refractivity contribution is 7.90. The van der Waals surface area contributed by atoms with E-state index in [4.69, 9.17) is 0 Å². The van der Waals surface area contributed by atoms with Crippen LogP contribution in [0.5, 0.6) is 0 Å². The molecule has 4 aliphatic rings. The first-order valence-electron chi connectivity index (χ1n) is 9.77. The Morgan fingerprint density at radius 1 is 1.07 bits per heavy atom. The van der Waals surface area contributed by atoms with Gasteiger partial charge < -0.3 is 0 Å². The van der Waals surface area contributed by atoms with Crippen LogP contribution in [0.2, 0.25) is 0 Å². The lowest BCUT2D eigenvalue weighted by Crippen LogP contribution is -2.48. The number of hydrogen-bond acceptors (Lipinski definition) is 6. The van der Waals surface area contributed by atoms with E-state index in [1.165, 1.54) is 62.0 Å². The minimum atomic E-state index is -3.49. The van der Waals surface area contributed by atoms with Gasteiger partial charge in [-0.3, -0.25) is 10.1 Å². The average molecular weight is 418 g/mol. The van der Waals surface area contributed by atoms with Crippen molar-refractivity contribution in [3.05, 3.63) is 34.8 Å². The smallest absolute Gasteiger partial charge is 0.258 e. The van der Waals surface area contributed by atoms with Crippen LogP contribution < -0.4 is 5.32 Å². The van der Waals surface area contributed by atoms with Crippen molar-refractivity contribution in [2.45, 2.75) is 48.8 Å². The molecule has 6 rings (SSSR count). The number of carbonyl (C=O) groups excluding carboxylic acids is 1. The van der Waals surface area contributed by atoms with Crippen LogP contribution in [0.15, 0.2) is 29.2 Å². The summed E-state index contributed by atoms with van der Waals surface area (Å²) >= 11 is 1.45. The SMILES string of the molecule is CS(=O)(=O)c1ccccc1C(=O)Nc1nnc(C23CC4CC(CC(C4)C2)C3)s1. The summed E-state index contributed by atoms with van der Waals surface area (Å²) in [6.07, 6.45) is 8.78. The number of aromatic nitrogens is 2. The van der Waals surface area contributed by atoms with Gasteiger partial charge in [0.1, 0.15) is 5.01 Å². The molecule has 0 aliphatic heterocycles. The third kappa shape index (κ3) is 3.06. The topological polar surface area (TPSA) is 89.0 Å². The molecule has 2 aromatic rings. The van der Waals surface area contributed by atoms with Crippen molar-refractivity contribution in [1.82, 2.24) is 10.2 Å². The minimum Gasteiger partial charge on any atom is -0.296 e. The van der Waals surface area contributed by atoms with Crippen molar-refractivity contribution in [2.24, 2.45) is 17.8 Å². The number of hydrogen-bond donors (Lipinski definition) is 1. The Bertz CT molecular complexity index is 1010. The lowest BCUT2D eigenvalue weighted by Gasteiger charge is -2.55. The zero-order chi connectivity index (χ0) is 19.5. The van der Waals surface area contributed by atoms with Crippen LogP contribution in [-0.4, -0.2) is 30.8 Å². The van der Waals surface area contributed by atoms with Crippen LogP contribution in [0.3, 0.4) is 0 Å². The van der Waals surface area contributed by atoms with Crippen molar-refractivity contribution >= 4 is 32.2 Å². The van der Waals surface area contributed by atoms with Crippen molar-refractivity contribution < 1.29 is 13.2 Å². The molecule has 1 N–H and O–H groups in total. The fourth-order valence-electron chi connectivity index (χ4n) is 6.00. The predicted octanol–water partition coefficient (Wildman–Crippen LogP) is 3.66. The van der Waals surface area contributed by atoms with E-state index in [1.54, 1.807) is 12.1 Å². The fourth-order valence-corrected chi connectivity index (χ4v) is 7.85. The monoisotopic (exact) mass is 417 g/mol. The van der Waals surface area contributed by atoms with Gasteiger partial charge in [-0.1, -0.05) is 23.5 Å². The second kappa shape index (κ2) is 6.35. The first kappa shape index (κ1) is 18.2. The molecule has 0 spiro atoms. The number of amides is 1. The summed E-state index contributed by atoms with van der Waals surface area (Å²) in [6.45, 7) is 0. The van der Waals surface area contributed by atoms with Gasteiger partial charge in [-0.15, -0.1) is 10.2 Å². The Balaban J connectivity index is 1.39. The van der Waals surface area contributed by atoms with Crippen LogP contribution in [0, 0.1) is 17.8 Å². The van der Waals surface area contributed by atoms with Gasteiger partial charge in [0.25, 0.3) is 5.91 Å². The highest BCUT2D eigenvalue weighted by Gasteiger charge is 2.53. The minimum absolute atomic E-state index is 0.0262. The van der Waals surface area contributed by atoms with Crippen LogP contribution in [0.4, 0.5) is 5.13 Å². The summed E-state index contributed by atoms with van der Waals surface area (Å²) in [5.41, 5.74) is 0.275. The number of nitrogens with one attached hydrogen (secondary N) is 1. The van der Waals surface area contributed by atoms with E-state index in [9.17, 15) is 13.2 Å². The molecule has 28 heavy (non-hydrogen) atoms. The molecule has 8 heteroatoms. The summed E-state index contributed by atoms with van der Waals surface area (Å²) in [5, 5.41) is 12.9. The Labute approximate surface area is 168 Å². The largest absolute Gasteiger partial charge is 0.296 e. The van der Waals surface area contributed by atoms with Gasteiger partial charge in [-0.25, -0.2) is 8.42 Å². The highest BCUT2D eigenvalue weighted by Crippen LogP contribution is 2.61. The predicted molar refractivity (Wildman–Crippen MR) is 107 cm³/mol. The molecule has 0 saturated heterocycles. The van der Waals surface area contributed by atoms with Gasteiger partial charge >= 0.3 is 0 Å². The summed E-state index contributed by atoms with van der Waals surface area (Å²) < 4.78 is 23.9. The lowest BCUT2D eigenvalue weighted by molar-refractivity contribution is -0.00555. The van der Waals surface area contributed by atoms with E-state index < -0.39 is 15.7 Å². The maximum absolute atomic E-state index is 12.7. The molecule has 4 fully saturated rings. The Morgan fingerprint density at radius 2 is 1.68 bits per heavy atom. The first-order chi connectivity index (χ1) is 13.3. The second-order valence-corrected chi connectivity index (χ2v) is 11.8. The van der Waals surface area contributed by atoms with E-state index in [0.29, 0.717) is 5.13 Å². The van der Waals surface area contributed by atoms with Crippen LogP contribution in [-0.2, 0) is 15.3 Å². The van der Waals surface area contributed by atoms with Crippen molar-refractivity contribution in [2.75, 3.05) is 11.6 Å². The number of benzene rings is 1. The Kier molecular flexibility index (Phi) is 4.14. The molecule has 0 unspecified atom stereocenters. The van der Waals surface area contributed by atoms with Crippen LogP contribution in [0.1, 0.15) is 53.9 Å². The Hall–Kier alpha value is -1.80. The van der Waals surface area contributed by atoms with E-state index in [1.807, 2.05) is 0 Å². The van der Waals surface area contributed by atoms with Crippen LogP contribution >= 0.6 is 11.3 Å². The molecule has 1 amide bonds. The highest BCUT2D eigenvalue weighted by atomic mass is 32.2. The Morgan fingerprint density at radius 3 is 2.29 bits per heavy atom. The van der Waals surface area contributed by atoms with Gasteiger partial charge in [0.05, 0.1) is 10.5 Å². The third-order valence-electron chi connectivity index (χ3n) is 6.67. The van der Waals surface area contributed by atoms with Crippen molar-refractivity contribution in [3.8, 4) is 0 Å². The molecule has 4 aliphatic carbocycles. The quantitative estimate of drug-likeness (QED) is 0.820. The van der Waals surface area contributed by atoms with E-state index in [0.717, 1.165) is 29.0 Å². The molecule has 0 atom stereocenters. The molecular weight excluding hydrogens is 394 g/mol. The van der Waals surface area contributed by atoms with Gasteiger partial charge in [-0.2, -0.15) is 0 Å². The van der Waals surface area contributed by atoms with Crippen molar-refractivity contribution in [1.29, 1.82) is 0 Å². The molecule has 0 radical (unpaired) electrons. The third-order valence-corrected chi connectivity index (χ3v) is 8.91. The van der Waals surface area contributed by atoms with Crippen molar-refractivity contribution in [3.63, 3.8) is 0 Å². The zero-order valence-electron chi connectivity index (χ0n) is 15.7. The summed E-state index contributed by atoms with van der Waals surface area (Å²) in [4.78, 5) is 12.7. The molecular formula is C20H23N3O3S2. The maximum Gasteiger partial charge on any atom is 0.258 e. The van der Waals surface area contributed by atoms with E-state index in [-0.39, 0.29) is 15.9 Å². The maximum atomic E-state index is 12.7. The van der Waals surface area contributed by atoms with E-state index in [2.05, 4.69) is 15.5 Å². The standard InChI is InChI=1S/C20H23N3O3S2/c1-28(25,26)16-5-3-2-4-15(16)17(24)21-19-23-22-18(27-19)20-9-12-6-13(10-20)8-14(7-12)11-20/h2-5,12-14H,6-11H2,1H3,(H,21,23,24).